The molecule has 0 radical (unpaired) electrons. The van der Waals surface area contributed by atoms with Crippen LogP contribution in [0.25, 0.3) is 0 Å². The molecule has 1 aliphatic rings. The monoisotopic (exact) mass is 292 g/mol. The summed E-state index contributed by atoms with van der Waals surface area (Å²) in [5, 5.41) is 5.91. The minimum Gasteiger partial charge on any atom is -0.493 e. The molecule has 1 aromatic rings. The molecule has 116 valence electrons. The number of hydrogen-bond acceptors (Lipinski definition) is 3. The first-order chi connectivity index (χ1) is 10.0. The van der Waals surface area contributed by atoms with E-state index in [9.17, 15) is 4.79 Å². The number of rotatable bonds is 6. The van der Waals surface area contributed by atoms with E-state index in [1.54, 1.807) is 7.11 Å². The Morgan fingerprint density at radius 2 is 2.00 bits per heavy atom. The standard InChI is InChI=1S/C16H24N2O3/c1-12(17-15(19)18-16(2)9-6-10-16)11-21-14-8-5-4-7-13(14)20-3/h4-5,7-8,12H,6,9-11H2,1-3H3,(H2,17,18,19)/t12-/m0/s1. The summed E-state index contributed by atoms with van der Waals surface area (Å²) in [4.78, 5) is 11.9. The van der Waals surface area contributed by atoms with Crippen LogP contribution in [0, 0.1) is 0 Å². The largest absolute Gasteiger partial charge is 0.493 e. The van der Waals surface area contributed by atoms with Crippen LogP contribution >= 0.6 is 0 Å². The predicted octanol–water partition coefficient (Wildman–Crippen LogP) is 2.70. The summed E-state index contributed by atoms with van der Waals surface area (Å²) in [7, 11) is 1.61. The molecule has 0 saturated heterocycles. The van der Waals surface area contributed by atoms with Gasteiger partial charge in [-0.2, -0.15) is 0 Å². The number of amides is 2. The molecule has 2 rings (SSSR count). The van der Waals surface area contributed by atoms with Crippen molar-refractivity contribution in [2.24, 2.45) is 0 Å². The van der Waals surface area contributed by atoms with Crippen LogP contribution in [0.1, 0.15) is 33.1 Å². The Kier molecular flexibility index (Phi) is 4.94. The van der Waals surface area contributed by atoms with Crippen molar-refractivity contribution in [1.29, 1.82) is 0 Å². The summed E-state index contributed by atoms with van der Waals surface area (Å²) in [6.45, 7) is 4.38. The molecule has 0 bridgehead atoms. The van der Waals surface area contributed by atoms with Gasteiger partial charge in [-0.15, -0.1) is 0 Å². The van der Waals surface area contributed by atoms with Crippen LogP contribution in [0.2, 0.25) is 0 Å². The zero-order valence-electron chi connectivity index (χ0n) is 12.9. The van der Waals surface area contributed by atoms with Crippen molar-refractivity contribution in [3.63, 3.8) is 0 Å². The van der Waals surface area contributed by atoms with E-state index in [1.807, 2.05) is 31.2 Å². The minimum absolute atomic E-state index is 0.0344. The molecule has 0 aromatic heterocycles. The maximum absolute atomic E-state index is 11.9. The number of methoxy groups -OCH3 is 1. The van der Waals surface area contributed by atoms with Gasteiger partial charge in [0.25, 0.3) is 0 Å². The van der Waals surface area contributed by atoms with Crippen molar-refractivity contribution in [2.45, 2.75) is 44.7 Å². The first-order valence-electron chi connectivity index (χ1n) is 7.37. The smallest absolute Gasteiger partial charge is 0.315 e. The molecular weight excluding hydrogens is 268 g/mol. The highest BCUT2D eigenvalue weighted by Gasteiger charge is 2.33. The molecule has 0 aliphatic heterocycles. The molecule has 2 amide bonds. The van der Waals surface area contributed by atoms with Gasteiger partial charge in [0.1, 0.15) is 6.61 Å². The molecule has 5 nitrogen and oxygen atoms in total. The molecule has 21 heavy (non-hydrogen) atoms. The van der Waals surface area contributed by atoms with Crippen molar-refractivity contribution in [2.75, 3.05) is 13.7 Å². The SMILES string of the molecule is COc1ccccc1OC[C@H](C)NC(=O)NC1(C)CCC1. The van der Waals surface area contributed by atoms with Gasteiger partial charge >= 0.3 is 6.03 Å². The molecule has 1 aliphatic carbocycles. The van der Waals surface area contributed by atoms with Gasteiger partial charge in [-0.3, -0.25) is 0 Å². The number of urea groups is 1. The fourth-order valence-electron chi connectivity index (χ4n) is 2.36. The topological polar surface area (TPSA) is 59.6 Å². The van der Waals surface area contributed by atoms with Gasteiger partial charge in [-0.25, -0.2) is 4.79 Å². The molecule has 1 fully saturated rings. The minimum atomic E-state index is -0.131. The number of nitrogens with one attached hydrogen (secondary N) is 2. The summed E-state index contributed by atoms with van der Waals surface area (Å²) in [5.41, 5.74) is -0.0344. The van der Waals surface area contributed by atoms with Crippen LogP contribution < -0.4 is 20.1 Å². The third-order valence-corrected chi connectivity index (χ3v) is 3.81. The van der Waals surface area contributed by atoms with E-state index in [0.29, 0.717) is 18.1 Å². The van der Waals surface area contributed by atoms with Gasteiger partial charge in [0.2, 0.25) is 0 Å². The summed E-state index contributed by atoms with van der Waals surface area (Å²) in [6.07, 6.45) is 3.28. The number of carbonyl (C=O) groups is 1. The Hall–Kier alpha value is -1.91. The third-order valence-electron chi connectivity index (χ3n) is 3.81. The highest BCUT2D eigenvalue weighted by Crippen LogP contribution is 2.30. The molecule has 1 saturated carbocycles. The average molecular weight is 292 g/mol. The third kappa shape index (κ3) is 4.28. The first-order valence-corrected chi connectivity index (χ1v) is 7.37. The summed E-state index contributed by atoms with van der Waals surface area (Å²) in [6, 6.07) is 7.26. The Labute approximate surface area is 126 Å². The number of para-hydroxylation sites is 2. The second-order valence-corrected chi connectivity index (χ2v) is 5.88. The van der Waals surface area contributed by atoms with Crippen molar-refractivity contribution in [3.05, 3.63) is 24.3 Å². The molecular formula is C16H24N2O3. The lowest BCUT2D eigenvalue weighted by atomic mass is 9.79. The maximum atomic E-state index is 11.9. The van der Waals surface area contributed by atoms with Crippen molar-refractivity contribution < 1.29 is 14.3 Å². The fraction of sp³-hybridized carbons (Fsp3) is 0.562. The Balaban J connectivity index is 1.76. The van der Waals surface area contributed by atoms with Crippen molar-refractivity contribution >= 4 is 6.03 Å². The molecule has 5 heteroatoms. The van der Waals surface area contributed by atoms with E-state index in [0.717, 1.165) is 12.8 Å². The number of carbonyl (C=O) groups excluding carboxylic acids is 1. The fourth-order valence-corrected chi connectivity index (χ4v) is 2.36. The van der Waals surface area contributed by atoms with Crippen LogP contribution in [0.15, 0.2) is 24.3 Å². The van der Waals surface area contributed by atoms with E-state index in [4.69, 9.17) is 9.47 Å². The highest BCUT2D eigenvalue weighted by molar-refractivity contribution is 5.75. The average Bonchev–Trinajstić information content (AvgIpc) is 2.43. The van der Waals surface area contributed by atoms with Crippen molar-refractivity contribution in [1.82, 2.24) is 10.6 Å². The molecule has 2 N–H and O–H groups in total. The lowest BCUT2D eigenvalue weighted by Crippen LogP contribution is -2.56. The van der Waals surface area contributed by atoms with Crippen molar-refractivity contribution in [3.8, 4) is 11.5 Å². The van der Waals surface area contributed by atoms with Crippen LogP contribution in [-0.4, -0.2) is 31.3 Å². The second kappa shape index (κ2) is 6.70. The van der Waals surface area contributed by atoms with Gasteiger partial charge in [-0.1, -0.05) is 12.1 Å². The van der Waals surface area contributed by atoms with E-state index >= 15 is 0 Å². The zero-order valence-corrected chi connectivity index (χ0v) is 12.9. The van der Waals surface area contributed by atoms with Gasteiger partial charge in [0.05, 0.1) is 13.2 Å². The summed E-state index contributed by atoms with van der Waals surface area (Å²) in [5.74, 6) is 1.37. The molecule has 1 aromatic carbocycles. The number of benzene rings is 1. The first kappa shape index (κ1) is 15.5. The molecule has 0 spiro atoms. The van der Waals surface area contributed by atoms with Gasteiger partial charge < -0.3 is 20.1 Å². The van der Waals surface area contributed by atoms with E-state index in [-0.39, 0.29) is 17.6 Å². The van der Waals surface area contributed by atoms with Gasteiger partial charge in [-0.05, 0) is 45.2 Å². The van der Waals surface area contributed by atoms with E-state index in [2.05, 4.69) is 17.6 Å². The number of ether oxygens (including phenoxy) is 2. The predicted molar refractivity (Wildman–Crippen MR) is 81.9 cm³/mol. The number of hydrogen-bond donors (Lipinski definition) is 2. The van der Waals surface area contributed by atoms with Crippen LogP contribution in [-0.2, 0) is 0 Å². The Bertz CT molecular complexity index is 486. The molecule has 1 atom stereocenters. The lowest BCUT2D eigenvalue weighted by Gasteiger charge is -2.39. The van der Waals surface area contributed by atoms with Crippen LogP contribution in [0.4, 0.5) is 4.79 Å². The second-order valence-electron chi connectivity index (χ2n) is 5.88. The summed E-state index contributed by atoms with van der Waals surface area (Å²) < 4.78 is 10.9. The highest BCUT2D eigenvalue weighted by atomic mass is 16.5. The van der Waals surface area contributed by atoms with Gasteiger partial charge in [0.15, 0.2) is 11.5 Å². The van der Waals surface area contributed by atoms with E-state index < -0.39 is 0 Å². The molecule has 0 unspecified atom stereocenters. The zero-order chi connectivity index (χ0) is 15.3. The summed E-state index contributed by atoms with van der Waals surface area (Å²) >= 11 is 0. The Morgan fingerprint density at radius 1 is 1.33 bits per heavy atom. The van der Waals surface area contributed by atoms with Crippen LogP contribution in [0.5, 0.6) is 11.5 Å². The normalized spacial score (nSPS) is 17.3. The quantitative estimate of drug-likeness (QED) is 0.847. The lowest BCUT2D eigenvalue weighted by molar-refractivity contribution is 0.184. The van der Waals surface area contributed by atoms with E-state index in [1.165, 1.54) is 6.42 Å². The Morgan fingerprint density at radius 3 is 2.57 bits per heavy atom. The molecule has 0 heterocycles. The maximum Gasteiger partial charge on any atom is 0.315 e. The van der Waals surface area contributed by atoms with Gasteiger partial charge in [0, 0.05) is 5.54 Å². The van der Waals surface area contributed by atoms with Crippen LogP contribution in [0.3, 0.4) is 0 Å².